The number of carbonyl (C=O) groups excluding carboxylic acids is 1. The van der Waals surface area contributed by atoms with Crippen molar-refractivity contribution in [3.63, 3.8) is 0 Å². The molecule has 0 fully saturated rings. The van der Waals surface area contributed by atoms with E-state index >= 15 is 0 Å². The van der Waals surface area contributed by atoms with Crippen LogP contribution < -0.4 is 0 Å². The fourth-order valence-corrected chi connectivity index (χ4v) is 2.58. The number of amides is 1. The predicted molar refractivity (Wildman–Crippen MR) is 72.6 cm³/mol. The van der Waals surface area contributed by atoms with Crippen molar-refractivity contribution in [2.45, 2.75) is 18.7 Å². The Bertz CT molecular complexity index is 504. The summed E-state index contributed by atoms with van der Waals surface area (Å²) >= 11 is 9.33. The van der Waals surface area contributed by atoms with Crippen LogP contribution in [0.5, 0.6) is 0 Å². The van der Waals surface area contributed by atoms with Gasteiger partial charge in [0.2, 0.25) is 5.91 Å². The molecule has 1 radical (unpaired) electrons. The Hall–Kier alpha value is 0.304. The average Bonchev–Trinajstić information content (AvgIpc) is 2.28. The standard InChI is InChI=1S/C13H12BrClNO.Y/c1-8-7-9(14)3-4-10(8)12-6-5-11(15)13(17)16(12)2;/h3-4,7,11H,5H2,1-2H3;/q-1;. The Morgan fingerprint density at radius 3 is 2.78 bits per heavy atom. The van der Waals surface area contributed by atoms with Gasteiger partial charge in [-0.1, -0.05) is 41.4 Å². The zero-order valence-corrected chi connectivity index (χ0v) is 15.4. The van der Waals surface area contributed by atoms with E-state index in [2.05, 4.69) is 22.0 Å². The first-order chi connectivity index (χ1) is 8.00. The zero-order chi connectivity index (χ0) is 12.6. The Morgan fingerprint density at radius 1 is 1.50 bits per heavy atom. The van der Waals surface area contributed by atoms with Crippen LogP contribution in [0.25, 0.3) is 5.70 Å². The van der Waals surface area contributed by atoms with Crippen LogP contribution in [0, 0.1) is 13.0 Å². The van der Waals surface area contributed by atoms with E-state index in [-0.39, 0.29) is 38.6 Å². The average molecular weight is 403 g/mol. The van der Waals surface area contributed by atoms with E-state index in [1.165, 1.54) is 0 Å². The maximum absolute atomic E-state index is 11.8. The molecule has 1 heterocycles. The van der Waals surface area contributed by atoms with E-state index in [0.29, 0.717) is 6.42 Å². The molecule has 93 valence electrons. The van der Waals surface area contributed by atoms with Crippen LogP contribution in [-0.4, -0.2) is 23.2 Å². The van der Waals surface area contributed by atoms with Gasteiger partial charge in [0.25, 0.3) is 0 Å². The first-order valence-electron chi connectivity index (χ1n) is 5.29. The Morgan fingerprint density at radius 2 is 2.17 bits per heavy atom. The van der Waals surface area contributed by atoms with E-state index in [0.717, 1.165) is 21.3 Å². The number of nitrogens with zero attached hydrogens (tertiary/aromatic N) is 1. The van der Waals surface area contributed by atoms with Gasteiger partial charge in [-0.25, -0.2) is 6.08 Å². The number of hydrogen-bond donors (Lipinski definition) is 0. The maximum Gasteiger partial charge on any atom is 0.240 e. The zero-order valence-electron chi connectivity index (χ0n) is 10.2. The Balaban J connectivity index is 0.00000162. The monoisotopic (exact) mass is 401 g/mol. The molecule has 0 aromatic heterocycles. The van der Waals surface area contributed by atoms with Crippen LogP contribution in [0.3, 0.4) is 0 Å². The van der Waals surface area contributed by atoms with Crippen LogP contribution in [0.4, 0.5) is 0 Å². The van der Waals surface area contributed by atoms with Gasteiger partial charge >= 0.3 is 0 Å². The van der Waals surface area contributed by atoms with E-state index < -0.39 is 5.38 Å². The van der Waals surface area contributed by atoms with Crippen molar-refractivity contribution in [1.82, 2.24) is 4.90 Å². The molecule has 1 aromatic rings. The molecule has 0 saturated heterocycles. The second-order valence-corrected chi connectivity index (χ2v) is 5.50. The molecule has 1 amide bonds. The van der Waals surface area contributed by atoms with Crippen molar-refractivity contribution >= 4 is 39.1 Å². The van der Waals surface area contributed by atoms with Crippen LogP contribution >= 0.6 is 27.5 Å². The van der Waals surface area contributed by atoms with E-state index in [9.17, 15) is 4.79 Å². The topological polar surface area (TPSA) is 20.3 Å². The molecule has 1 aromatic carbocycles. The molecule has 2 rings (SSSR count). The van der Waals surface area contributed by atoms with Gasteiger partial charge in [0.05, 0.1) is 0 Å². The molecule has 0 spiro atoms. The summed E-state index contributed by atoms with van der Waals surface area (Å²) in [5.74, 6) is -0.0669. The van der Waals surface area contributed by atoms with Gasteiger partial charge in [0.15, 0.2) is 0 Å². The number of carbonyl (C=O) groups is 1. The smallest absolute Gasteiger partial charge is 0.240 e. The van der Waals surface area contributed by atoms with Crippen molar-refractivity contribution < 1.29 is 37.5 Å². The maximum atomic E-state index is 11.8. The summed E-state index contributed by atoms with van der Waals surface area (Å²) < 4.78 is 1.03. The third kappa shape index (κ3) is 3.24. The van der Waals surface area contributed by atoms with Crippen LogP contribution in [0.2, 0.25) is 0 Å². The molecule has 0 saturated carbocycles. The Labute approximate surface area is 146 Å². The number of benzene rings is 1. The van der Waals surface area contributed by atoms with Crippen LogP contribution in [0.15, 0.2) is 22.7 Å². The second-order valence-electron chi connectivity index (χ2n) is 4.05. The fourth-order valence-electron chi connectivity index (χ4n) is 1.88. The minimum atomic E-state index is -0.487. The van der Waals surface area contributed by atoms with Crippen molar-refractivity contribution in [1.29, 1.82) is 0 Å². The molecule has 1 aliphatic heterocycles. The fraction of sp³-hybridized carbons (Fsp3) is 0.308. The number of aryl methyl sites for hydroxylation is 1. The third-order valence-corrected chi connectivity index (χ3v) is 3.66. The van der Waals surface area contributed by atoms with Gasteiger partial charge in [0, 0.05) is 44.2 Å². The van der Waals surface area contributed by atoms with Crippen LogP contribution in [0.1, 0.15) is 17.5 Å². The molecular formula is C13H12BrClNOY-. The van der Waals surface area contributed by atoms with E-state index in [1.807, 2.05) is 25.1 Å². The summed E-state index contributed by atoms with van der Waals surface area (Å²) in [6.07, 6.45) is 3.67. The second kappa shape index (κ2) is 6.65. The summed E-state index contributed by atoms with van der Waals surface area (Å²) in [6, 6.07) is 5.97. The van der Waals surface area contributed by atoms with Crippen molar-refractivity contribution in [3.05, 3.63) is 39.9 Å². The minimum Gasteiger partial charge on any atom is -0.349 e. The summed E-state index contributed by atoms with van der Waals surface area (Å²) in [5, 5.41) is -0.487. The largest absolute Gasteiger partial charge is 0.349 e. The van der Waals surface area contributed by atoms with Gasteiger partial charge in [0.1, 0.15) is 5.38 Å². The number of halogens is 2. The molecular weight excluding hydrogens is 390 g/mol. The van der Waals surface area contributed by atoms with Gasteiger partial charge < -0.3 is 4.90 Å². The molecule has 2 nitrogen and oxygen atoms in total. The van der Waals surface area contributed by atoms with Crippen molar-refractivity contribution in [2.24, 2.45) is 0 Å². The normalized spacial score (nSPS) is 19.3. The summed E-state index contributed by atoms with van der Waals surface area (Å²) in [4.78, 5) is 13.4. The van der Waals surface area contributed by atoms with E-state index in [4.69, 9.17) is 11.6 Å². The van der Waals surface area contributed by atoms with E-state index in [1.54, 1.807) is 11.9 Å². The molecule has 18 heavy (non-hydrogen) atoms. The summed E-state index contributed by atoms with van der Waals surface area (Å²) in [5.41, 5.74) is 2.94. The molecule has 1 atom stereocenters. The molecule has 1 aliphatic rings. The summed E-state index contributed by atoms with van der Waals surface area (Å²) in [6.45, 7) is 2.01. The number of hydrogen-bond acceptors (Lipinski definition) is 1. The van der Waals surface area contributed by atoms with Gasteiger partial charge in [-0.2, -0.15) is 0 Å². The molecule has 0 bridgehead atoms. The van der Waals surface area contributed by atoms with Crippen LogP contribution in [-0.2, 0) is 37.5 Å². The molecule has 1 unspecified atom stereocenters. The van der Waals surface area contributed by atoms with Gasteiger partial charge in [-0.15, -0.1) is 34.5 Å². The third-order valence-electron chi connectivity index (χ3n) is 2.83. The van der Waals surface area contributed by atoms with Crippen molar-refractivity contribution in [3.8, 4) is 0 Å². The predicted octanol–water partition coefficient (Wildman–Crippen LogP) is 3.37. The minimum absolute atomic E-state index is 0. The van der Waals surface area contributed by atoms with Gasteiger partial charge in [-0.3, -0.25) is 4.79 Å². The summed E-state index contributed by atoms with van der Waals surface area (Å²) in [7, 11) is 1.74. The SMILES string of the molecule is Cc1cc(Br)ccc1C1=[C-]CC(Cl)C(=O)N1C.[Y]. The number of allylic oxidation sites excluding steroid dienone is 1. The Kier molecular flexibility index (Phi) is 6.04. The number of alkyl halides is 1. The van der Waals surface area contributed by atoms with Gasteiger partial charge in [-0.05, 0) is 0 Å². The quantitative estimate of drug-likeness (QED) is 0.521. The molecule has 0 N–H and O–H groups in total. The first kappa shape index (κ1) is 16.4. The molecule has 0 aliphatic carbocycles. The van der Waals surface area contributed by atoms with Crippen molar-refractivity contribution in [2.75, 3.05) is 7.05 Å². The first-order valence-corrected chi connectivity index (χ1v) is 6.52. The number of rotatable bonds is 1. The molecule has 5 heteroatoms.